The number of carbonyl (C=O) groups is 1. The average molecular weight is 406 g/mol. The molecule has 0 spiro atoms. The van der Waals surface area contributed by atoms with Crippen LogP contribution in [0.1, 0.15) is 18.1 Å². The highest BCUT2D eigenvalue weighted by atomic mass is 16.5. The van der Waals surface area contributed by atoms with Crippen LogP contribution in [0.15, 0.2) is 66.7 Å². The lowest BCUT2D eigenvalue weighted by atomic mass is 10.0. The van der Waals surface area contributed by atoms with Crippen molar-refractivity contribution in [3.05, 3.63) is 77.9 Å². The molecule has 30 heavy (non-hydrogen) atoms. The van der Waals surface area contributed by atoms with E-state index in [-0.39, 0.29) is 0 Å². The minimum atomic E-state index is -0.953. The van der Waals surface area contributed by atoms with E-state index in [4.69, 9.17) is 14.2 Å². The van der Waals surface area contributed by atoms with E-state index in [0.29, 0.717) is 19.6 Å². The first-order valence-corrected chi connectivity index (χ1v) is 9.90. The predicted molar refractivity (Wildman–Crippen MR) is 118 cm³/mol. The molecule has 0 heterocycles. The summed E-state index contributed by atoms with van der Waals surface area (Å²) in [6.45, 7) is 2.56. The minimum absolute atomic E-state index is 0.324. The van der Waals surface area contributed by atoms with E-state index in [0.717, 1.165) is 33.4 Å². The highest BCUT2D eigenvalue weighted by Gasteiger charge is 2.17. The zero-order valence-electron chi connectivity index (χ0n) is 17.2. The summed E-state index contributed by atoms with van der Waals surface area (Å²) in [6, 6.07) is 19.6. The fourth-order valence-electron chi connectivity index (χ4n) is 3.29. The Morgan fingerprint density at radius 3 is 2.53 bits per heavy atom. The van der Waals surface area contributed by atoms with E-state index in [1.165, 1.54) is 0 Å². The molecule has 5 nitrogen and oxygen atoms in total. The smallest absolute Gasteiger partial charge is 0.333 e. The number of rotatable bonds is 10. The van der Waals surface area contributed by atoms with Crippen LogP contribution in [0.2, 0.25) is 0 Å². The molecule has 0 aliphatic rings. The molecule has 3 aromatic rings. The molecule has 0 aliphatic heterocycles. The van der Waals surface area contributed by atoms with Crippen LogP contribution < -0.4 is 9.47 Å². The lowest BCUT2D eigenvalue weighted by Crippen LogP contribution is -2.26. The number of ether oxygens (including phenoxy) is 3. The Hall–Kier alpha value is -3.31. The van der Waals surface area contributed by atoms with Gasteiger partial charge >= 0.3 is 5.97 Å². The molecule has 0 radical (unpaired) electrons. The number of hydrogen-bond acceptors (Lipinski definition) is 4. The molecule has 0 unspecified atom stereocenters. The van der Waals surface area contributed by atoms with Gasteiger partial charge in [0.25, 0.3) is 0 Å². The van der Waals surface area contributed by atoms with E-state index in [1.54, 1.807) is 14.0 Å². The van der Waals surface area contributed by atoms with E-state index in [9.17, 15) is 9.90 Å². The Labute approximate surface area is 176 Å². The van der Waals surface area contributed by atoms with Crippen molar-refractivity contribution in [2.45, 2.75) is 19.4 Å². The van der Waals surface area contributed by atoms with Gasteiger partial charge < -0.3 is 19.3 Å². The van der Waals surface area contributed by atoms with Crippen molar-refractivity contribution in [3.63, 3.8) is 0 Å². The van der Waals surface area contributed by atoms with Gasteiger partial charge in [-0.05, 0) is 47.5 Å². The highest BCUT2D eigenvalue weighted by molar-refractivity contribution is 5.93. The van der Waals surface area contributed by atoms with Crippen molar-refractivity contribution in [1.29, 1.82) is 0 Å². The van der Waals surface area contributed by atoms with Crippen LogP contribution in [0.3, 0.4) is 0 Å². The number of benzene rings is 3. The van der Waals surface area contributed by atoms with E-state index < -0.39 is 12.1 Å². The summed E-state index contributed by atoms with van der Waals surface area (Å²) in [7, 11) is 1.67. The van der Waals surface area contributed by atoms with Gasteiger partial charge in [0.1, 0.15) is 18.1 Å². The molecule has 3 aromatic carbocycles. The third-order valence-electron chi connectivity index (χ3n) is 4.77. The second-order valence-corrected chi connectivity index (χ2v) is 6.75. The summed E-state index contributed by atoms with van der Waals surface area (Å²) in [5.74, 6) is 0.583. The first-order chi connectivity index (χ1) is 14.6. The van der Waals surface area contributed by atoms with E-state index in [2.05, 4.69) is 12.1 Å². The van der Waals surface area contributed by atoms with Crippen molar-refractivity contribution in [2.75, 3.05) is 20.3 Å². The van der Waals surface area contributed by atoms with Crippen LogP contribution >= 0.6 is 0 Å². The molecular formula is C25H26O5. The van der Waals surface area contributed by atoms with Gasteiger partial charge in [0.05, 0.1) is 7.11 Å². The number of hydrogen-bond donors (Lipinski definition) is 1. The van der Waals surface area contributed by atoms with Crippen LogP contribution in [-0.2, 0) is 16.0 Å². The molecule has 0 aliphatic carbocycles. The molecule has 0 fully saturated rings. The second-order valence-electron chi connectivity index (χ2n) is 6.75. The maximum Gasteiger partial charge on any atom is 0.333 e. The molecule has 0 aromatic heterocycles. The van der Waals surface area contributed by atoms with Gasteiger partial charge in [-0.3, -0.25) is 0 Å². The lowest BCUT2D eigenvalue weighted by Gasteiger charge is -2.12. The molecular weight excluding hydrogens is 380 g/mol. The summed E-state index contributed by atoms with van der Waals surface area (Å²) in [5.41, 5.74) is 1.91. The van der Waals surface area contributed by atoms with Crippen molar-refractivity contribution in [1.82, 2.24) is 0 Å². The number of fused-ring (bicyclic) bond motifs is 1. The van der Waals surface area contributed by atoms with E-state index >= 15 is 0 Å². The predicted octanol–water partition coefficient (Wildman–Crippen LogP) is 4.97. The molecule has 1 N–H and O–H groups in total. The average Bonchev–Trinajstić information content (AvgIpc) is 2.77. The molecule has 156 valence electrons. The van der Waals surface area contributed by atoms with Crippen LogP contribution in [0.25, 0.3) is 16.8 Å². The van der Waals surface area contributed by atoms with Gasteiger partial charge in [0, 0.05) is 18.6 Å². The van der Waals surface area contributed by atoms with E-state index in [1.807, 2.05) is 60.7 Å². The van der Waals surface area contributed by atoms with Crippen molar-refractivity contribution in [2.24, 2.45) is 0 Å². The van der Waals surface area contributed by atoms with Gasteiger partial charge in [-0.2, -0.15) is 0 Å². The lowest BCUT2D eigenvalue weighted by molar-refractivity contribution is -0.149. The SMILES string of the molecule is CCO[C@@H](Cc1ccc(OCC=Cc2c(OC)ccc3ccccc23)cc1)C(=O)O. The Balaban J connectivity index is 1.62. The third kappa shape index (κ3) is 5.39. The van der Waals surface area contributed by atoms with Crippen LogP contribution in [0.5, 0.6) is 11.5 Å². The Bertz CT molecular complexity index is 1010. The quantitative estimate of drug-likeness (QED) is 0.515. The minimum Gasteiger partial charge on any atom is -0.496 e. The molecule has 5 heteroatoms. The Kier molecular flexibility index (Phi) is 7.46. The number of aliphatic carboxylic acids is 1. The van der Waals surface area contributed by atoms with Crippen LogP contribution in [-0.4, -0.2) is 37.5 Å². The summed E-state index contributed by atoms with van der Waals surface area (Å²) in [6.07, 6.45) is 3.45. The fraction of sp³-hybridized carbons (Fsp3) is 0.240. The third-order valence-corrected chi connectivity index (χ3v) is 4.77. The summed E-state index contributed by atoms with van der Waals surface area (Å²) in [5, 5.41) is 11.5. The second kappa shape index (κ2) is 10.5. The molecule has 3 rings (SSSR count). The highest BCUT2D eigenvalue weighted by Crippen LogP contribution is 2.29. The van der Waals surface area contributed by atoms with Crippen molar-refractivity contribution >= 4 is 22.8 Å². The number of carboxylic acid groups (broad SMARTS) is 1. The van der Waals surface area contributed by atoms with Crippen molar-refractivity contribution < 1.29 is 24.1 Å². The molecule has 0 saturated carbocycles. The topological polar surface area (TPSA) is 65.0 Å². The molecule has 0 saturated heterocycles. The zero-order chi connectivity index (χ0) is 21.3. The Morgan fingerprint density at radius 1 is 1.07 bits per heavy atom. The van der Waals surface area contributed by atoms with Gasteiger partial charge in [0.2, 0.25) is 0 Å². The Morgan fingerprint density at radius 2 is 1.83 bits per heavy atom. The van der Waals surface area contributed by atoms with Gasteiger partial charge in [-0.1, -0.05) is 48.5 Å². The maximum atomic E-state index is 11.2. The maximum absolute atomic E-state index is 11.2. The molecule has 0 amide bonds. The standard InChI is InChI=1S/C25H26O5/c1-3-29-24(25(26)27)17-18-10-13-20(14-11-18)30-16-6-9-22-21-8-5-4-7-19(21)12-15-23(22)28-2/h4-15,24H,3,16-17H2,1-2H3,(H,26,27)/t24-/m0/s1. The van der Waals surface area contributed by atoms with Gasteiger partial charge in [-0.15, -0.1) is 0 Å². The molecule has 1 atom stereocenters. The summed E-state index contributed by atoms with van der Waals surface area (Å²) >= 11 is 0. The summed E-state index contributed by atoms with van der Waals surface area (Å²) in [4.78, 5) is 11.2. The van der Waals surface area contributed by atoms with Crippen LogP contribution in [0.4, 0.5) is 0 Å². The monoisotopic (exact) mass is 406 g/mol. The van der Waals surface area contributed by atoms with Crippen LogP contribution in [0, 0.1) is 0 Å². The first kappa shape index (κ1) is 21.4. The number of carboxylic acids is 1. The fourth-order valence-corrected chi connectivity index (χ4v) is 3.29. The number of methoxy groups -OCH3 is 1. The largest absolute Gasteiger partial charge is 0.496 e. The van der Waals surface area contributed by atoms with Gasteiger partial charge in [0.15, 0.2) is 6.10 Å². The zero-order valence-corrected chi connectivity index (χ0v) is 17.2. The van der Waals surface area contributed by atoms with Crippen molar-refractivity contribution in [3.8, 4) is 11.5 Å². The first-order valence-electron chi connectivity index (χ1n) is 9.90. The summed E-state index contributed by atoms with van der Waals surface area (Å²) < 4.78 is 16.6. The normalized spacial score (nSPS) is 12.2. The molecule has 0 bridgehead atoms. The van der Waals surface area contributed by atoms with Gasteiger partial charge in [-0.25, -0.2) is 4.79 Å².